The third-order valence-corrected chi connectivity index (χ3v) is 9.46. The minimum absolute atomic E-state index is 0. The molecule has 18 nitrogen and oxygen atoms in total. The molecule has 0 atom stereocenters. The van der Waals surface area contributed by atoms with Gasteiger partial charge in [0.1, 0.15) is 0 Å². The van der Waals surface area contributed by atoms with Crippen LogP contribution in [-0.2, 0) is 67.6 Å². The molecular formula is C59H43ClF4IrN12O6Re-8. The van der Waals surface area contributed by atoms with Gasteiger partial charge in [0.05, 0.1) is 23.3 Å². The minimum Gasteiger partial charge on any atom is -1.00 e. The molecule has 4 aliphatic heterocycles. The van der Waals surface area contributed by atoms with Crippen LogP contribution in [0.3, 0.4) is 0 Å². The van der Waals surface area contributed by atoms with Crippen molar-refractivity contribution in [1.29, 1.82) is 15.8 Å². The Morgan fingerprint density at radius 1 is 0.583 bits per heavy atom. The normalized spacial score (nSPS) is 13.1. The van der Waals surface area contributed by atoms with Gasteiger partial charge in [-0.15, -0.1) is 35.7 Å². The molecule has 2 radical (unpaired) electrons. The second kappa shape index (κ2) is 47.1. The second-order valence-corrected chi connectivity index (χ2v) is 14.6. The van der Waals surface area contributed by atoms with Gasteiger partial charge in [0.25, 0.3) is 0 Å². The van der Waals surface area contributed by atoms with E-state index in [1.165, 1.54) is 42.7 Å². The maximum atomic E-state index is 13.2. The average Bonchev–Trinajstić information content (AvgIpc) is 4.33. The fourth-order valence-corrected chi connectivity index (χ4v) is 6.57. The zero-order valence-corrected chi connectivity index (χ0v) is 50.0. The van der Waals surface area contributed by atoms with Crippen LogP contribution >= 0.6 is 0 Å². The summed E-state index contributed by atoms with van der Waals surface area (Å²) in [4.78, 5) is 16.1. The van der Waals surface area contributed by atoms with Gasteiger partial charge in [-0.05, 0) is 57.8 Å². The summed E-state index contributed by atoms with van der Waals surface area (Å²) in [6.45, 7) is 19.2. The molecule has 0 bridgehead atoms. The number of fused-ring (bicyclic) bond motifs is 1. The van der Waals surface area contributed by atoms with Gasteiger partial charge in [0.2, 0.25) is 0 Å². The molecule has 2 aromatic heterocycles. The number of rotatable bonds is 6. The van der Waals surface area contributed by atoms with Gasteiger partial charge in [-0.1, -0.05) is 133 Å². The Balaban J connectivity index is -0.00000110. The van der Waals surface area contributed by atoms with E-state index >= 15 is 0 Å². The number of pyridine rings is 2. The molecule has 0 fully saturated rings. The van der Waals surface area contributed by atoms with Crippen molar-refractivity contribution in [2.45, 2.75) is 33.9 Å². The van der Waals surface area contributed by atoms with Gasteiger partial charge in [0, 0.05) is 110 Å². The van der Waals surface area contributed by atoms with Crippen molar-refractivity contribution in [1.82, 2.24) is 20.0 Å². The molecule has 0 saturated heterocycles. The summed E-state index contributed by atoms with van der Waals surface area (Å²) < 4.78 is 74.1. The van der Waals surface area contributed by atoms with E-state index in [0.29, 0.717) is 24.5 Å². The van der Waals surface area contributed by atoms with E-state index in [4.69, 9.17) is 55.9 Å². The van der Waals surface area contributed by atoms with E-state index in [9.17, 15) is 17.6 Å². The number of aromatic nitrogens is 2. The van der Waals surface area contributed by atoms with Gasteiger partial charge in [-0.2, -0.15) is 39.6 Å². The molecule has 4 aromatic carbocycles. The number of nitriles is 3. The molecule has 0 unspecified atom stereocenters. The molecular weight excluding hydrogens is 1460 g/mol. The van der Waals surface area contributed by atoms with Crippen molar-refractivity contribution in [3.8, 4) is 40.7 Å². The maximum absolute atomic E-state index is 13.2. The molecule has 6 aromatic rings. The Hall–Kier alpha value is -9.63. The Labute approximate surface area is 516 Å². The van der Waals surface area contributed by atoms with Crippen LogP contribution in [-0.4, -0.2) is 25.1 Å². The minimum atomic E-state index is -1.75. The van der Waals surface area contributed by atoms with Crippen LogP contribution in [0.25, 0.3) is 54.8 Å². The van der Waals surface area contributed by atoms with Crippen LogP contribution in [0, 0.1) is 105 Å². The van der Waals surface area contributed by atoms with Crippen molar-refractivity contribution in [2.75, 3.05) is 0 Å². The predicted molar refractivity (Wildman–Crippen MR) is 290 cm³/mol. The van der Waals surface area contributed by atoms with Crippen LogP contribution in [0.15, 0.2) is 206 Å². The molecule has 434 valence electrons. The Morgan fingerprint density at radius 3 is 1.21 bits per heavy atom. The molecule has 25 heteroatoms. The number of allylic oxidation sites excluding steroid dienone is 8. The van der Waals surface area contributed by atoms with E-state index in [1.54, 1.807) is 79.4 Å². The number of benzene rings is 4. The van der Waals surface area contributed by atoms with Gasteiger partial charge in [-0.25, -0.2) is 0 Å². The number of hydrogen-bond donors (Lipinski definition) is 0. The molecule has 0 aliphatic carbocycles. The maximum Gasteiger partial charge on any atom is 0 e. The molecule has 0 N–H and O–H groups in total. The number of hydrogen-bond acceptors (Lipinski definition) is 10. The SMILES string of the molecule is C1=C[N-]/C(=C2/C=CN(Cc3cccc4c(CN5C=C/C(=C6\C=CC=C[N-]6)[N-]5)cccc34)[N-]2)C=C1.CC#N.CC#N.CC#N.Fc1c[c-]c(-c2ccccn2)c(F)c1.Fc1c[c-]c(-c2ccccn2)c(F)c1.O=[N+]([O-])[O-].[C-]#[O+].[C-]#[O+].[C-]#[O+].[Cl-].[Ir].[Re]. The van der Waals surface area contributed by atoms with Crippen molar-refractivity contribution in [2.24, 2.45) is 0 Å². The number of halogens is 5. The Kier molecular flexibility index (Phi) is 44.0. The molecule has 0 amide bonds. The van der Waals surface area contributed by atoms with Crippen LogP contribution < -0.4 is 12.4 Å². The van der Waals surface area contributed by atoms with Gasteiger partial charge in [-0.3, -0.25) is 17.6 Å². The zero-order chi connectivity index (χ0) is 60.4. The van der Waals surface area contributed by atoms with Crippen LogP contribution in [0.4, 0.5) is 17.6 Å². The molecule has 0 spiro atoms. The first-order chi connectivity index (χ1) is 39.3. The first-order valence-corrected chi connectivity index (χ1v) is 22.7. The van der Waals surface area contributed by atoms with E-state index in [0.717, 1.165) is 47.1 Å². The first kappa shape index (κ1) is 78.6. The molecule has 6 heterocycles. The monoisotopic (exact) mass is 1510 g/mol. The summed E-state index contributed by atoms with van der Waals surface area (Å²) in [6.07, 6.45) is 26.5. The Bertz CT molecular complexity index is 3200. The third-order valence-electron chi connectivity index (χ3n) is 9.46. The van der Waals surface area contributed by atoms with Crippen molar-refractivity contribution in [3.63, 3.8) is 0 Å². The van der Waals surface area contributed by atoms with Crippen molar-refractivity contribution < 1.29 is 89.5 Å². The summed E-state index contributed by atoms with van der Waals surface area (Å²) in [5, 5.41) is 51.9. The topological polar surface area (TPSA) is 286 Å². The average molecular weight is 1510 g/mol. The first-order valence-electron chi connectivity index (χ1n) is 22.7. The summed E-state index contributed by atoms with van der Waals surface area (Å²) in [5.74, 6) is -2.57. The van der Waals surface area contributed by atoms with Crippen LogP contribution in [0.2, 0.25) is 0 Å². The van der Waals surface area contributed by atoms with E-state index < -0.39 is 28.4 Å². The standard InChI is InChI=1S/C28H22N6.2C11H6F2N.3C2H3N.3CO.ClH.Ir.NO3.Re/c1-3-15-29-25(11-1)27-13-17-33(31-27)19-21-7-5-10-24-22(8-6-9-23(21)24)20-34-18-14-28(32-34)26-12-2-4-16-30-26;2*12-8-4-5-9(10(13)7-8)11-3-1-2-6-14-11;3*1-2-3;3*1-2;;;2-1(3)4;/h1-18H,19-20H2;2*1-4,6-7H;3*1H3;;;;1H;;;/q-4;2*-1;;;;;;;;;-1;/p-1/b27-25-,28-26-;;;;;;;;;;;;. The second-order valence-electron chi connectivity index (χ2n) is 14.6. The molecule has 10 rings (SSSR count). The summed E-state index contributed by atoms with van der Waals surface area (Å²) in [7, 11) is 0. The fraction of sp³-hybridized carbons (Fsp3) is 0.0847. The summed E-state index contributed by atoms with van der Waals surface area (Å²) in [6, 6.07) is 37.2. The Morgan fingerprint density at radius 2 is 0.929 bits per heavy atom. The third kappa shape index (κ3) is 28.2. The fourth-order valence-electron chi connectivity index (χ4n) is 6.57. The van der Waals surface area contributed by atoms with Gasteiger partial charge < -0.3 is 69.2 Å². The van der Waals surface area contributed by atoms with E-state index in [2.05, 4.69) is 89.1 Å². The van der Waals surface area contributed by atoms with Gasteiger partial charge >= 0.3 is 33.9 Å². The quantitative estimate of drug-likeness (QED) is 0.0499. The van der Waals surface area contributed by atoms with E-state index in [-0.39, 0.29) is 64.1 Å². The zero-order valence-electron chi connectivity index (χ0n) is 44.2. The summed E-state index contributed by atoms with van der Waals surface area (Å²) in [5.41, 5.74) is 16.7. The van der Waals surface area contributed by atoms with E-state index in [1.807, 2.05) is 71.0 Å². The van der Waals surface area contributed by atoms with Crippen molar-refractivity contribution >= 4 is 10.8 Å². The van der Waals surface area contributed by atoms with Gasteiger partial charge in [0.15, 0.2) is 0 Å². The van der Waals surface area contributed by atoms with Crippen molar-refractivity contribution in [3.05, 3.63) is 309 Å². The smallest absolute Gasteiger partial charge is 0 e. The summed E-state index contributed by atoms with van der Waals surface area (Å²) >= 11 is 0. The van der Waals surface area contributed by atoms with Crippen LogP contribution in [0.1, 0.15) is 31.9 Å². The largest absolute Gasteiger partial charge is 1.00 e. The molecule has 0 saturated carbocycles. The van der Waals surface area contributed by atoms with Crippen LogP contribution in [0.5, 0.6) is 0 Å². The molecule has 4 aliphatic rings. The molecule has 84 heavy (non-hydrogen) atoms. The number of nitrogens with zero attached hydrogens (tertiary/aromatic N) is 12. The predicted octanol–water partition coefficient (Wildman–Crippen LogP) is 11.3.